The highest BCUT2D eigenvalue weighted by molar-refractivity contribution is 5.75. The fourth-order valence-corrected chi connectivity index (χ4v) is 2.63. The zero-order chi connectivity index (χ0) is 14.7. The first-order valence-corrected chi connectivity index (χ1v) is 7.29. The molecule has 0 saturated carbocycles. The molecular weight excluding hydrogens is 260 g/mol. The molecule has 0 radical (unpaired) electrons. The van der Waals surface area contributed by atoms with Crippen molar-refractivity contribution in [3.8, 4) is 0 Å². The molecule has 108 valence electrons. The SMILES string of the molecule is CC(NCCc1ccncc1)c1nc2ccccc2n1C. The molecule has 1 atom stereocenters. The van der Waals surface area contributed by atoms with Crippen LogP contribution in [-0.2, 0) is 13.5 Å². The molecule has 1 aromatic carbocycles. The number of hydrogen-bond donors (Lipinski definition) is 1. The molecule has 4 nitrogen and oxygen atoms in total. The zero-order valence-electron chi connectivity index (χ0n) is 12.5. The van der Waals surface area contributed by atoms with Gasteiger partial charge in [-0.15, -0.1) is 0 Å². The normalized spacial score (nSPS) is 12.7. The van der Waals surface area contributed by atoms with Crippen LogP contribution in [0.4, 0.5) is 0 Å². The smallest absolute Gasteiger partial charge is 0.126 e. The fourth-order valence-electron chi connectivity index (χ4n) is 2.63. The van der Waals surface area contributed by atoms with E-state index in [1.807, 2.05) is 18.5 Å². The second-order valence-electron chi connectivity index (χ2n) is 5.30. The standard InChI is InChI=1S/C17H20N4/c1-13(19-12-9-14-7-10-18-11-8-14)17-20-15-5-3-4-6-16(15)21(17)2/h3-8,10-11,13,19H,9,12H2,1-2H3. The van der Waals surface area contributed by atoms with Crippen molar-refractivity contribution in [2.75, 3.05) is 6.54 Å². The number of imidazole rings is 1. The fraction of sp³-hybridized carbons (Fsp3) is 0.294. The lowest BCUT2D eigenvalue weighted by atomic mass is 10.2. The molecule has 0 spiro atoms. The van der Waals surface area contributed by atoms with Gasteiger partial charge in [-0.1, -0.05) is 12.1 Å². The highest BCUT2D eigenvalue weighted by atomic mass is 15.1. The Kier molecular flexibility index (Phi) is 3.97. The number of pyridine rings is 1. The van der Waals surface area contributed by atoms with Crippen LogP contribution in [0.25, 0.3) is 11.0 Å². The maximum absolute atomic E-state index is 4.73. The third kappa shape index (κ3) is 2.95. The largest absolute Gasteiger partial charge is 0.330 e. The number of rotatable bonds is 5. The van der Waals surface area contributed by atoms with E-state index in [1.165, 1.54) is 11.1 Å². The Morgan fingerprint density at radius 3 is 2.67 bits per heavy atom. The summed E-state index contributed by atoms with van der Waals surface area (Å²) in [7, 11) is 2.08. The first kappa shape index (κ1) is 13.8. The molecule has 21 heavy (non-hydrogen) atoms. The van der Waals surface area contributed by atoms with E-state index < -0.39 is 0 Å². The average molecular weight is 280 g/mol. The summed E-state index contributed by atoms with van der Waals surface area (Å²) < 4.78 is 2.17. The van der Waals surface area contributed by atoms with Gasteiger partial charge in [-0.2, -0.15) is 0 Å². The Bertz CT molecular complexity index is 718. The van der Waals surface area contributed by atoms with Gasteiger partial charge in [0.25, 0.3) is 0 Å². The first-order valence-electron chi connectivity index (χ1n) is 7.29. The Morgan fingerprint density at radius 2 is 1.90 bits per heavy atom. The van der Waals surface area contributed by atoms with Crippen LogP contribution in [0.1, 0.15) is 24.4 Å². The van der Waals surface area contributed by atoms with Crippen molar-refractivity contribution in [2.24, 2.45) is 7.05 Å². The minimum absolute atomic E-state index is 0.226. The molecule has 0 aliphatic carbocycles. The summed E-state index contributed by atoms with van der Waals surface area (Å²) in [4.78, 5) is 8.77. The molecule has 0 fully saturated rings. The van der Waals surface area contributed by atoms with Gasteiger partial charge < -0.3 is 9.88 Å². The van der Waals surface area contributed by atoms with E-state index in [0.717, 1.165) is 24.3 Å². The van der Waals surface area contributed by atoms with Crippen LogP contribution in [0.15, 0.2) is 48.8 Å². The van der Waals surface area contributed by atoms with E-state index in [2.05, 4.69) is 59.2 Å². The van der Waals surface area contributed by atoms with Crippen LogP contribution < -0.4 is 5.32 Å². The maximum atomic E-state index is 4.73. The second-order valence-corrected chi connectivity index (χ2v) is 5.30. The molecule has 3 aromatic rings. The monoisotopic (exact) mass is 280 g/mol. The Hall–Kier alpha value is -2.20. The summed E-state index contributed by atoms with van der Waals surface area (Å²) in [6.07, 6.45) is 4.67. The lowest BCUT2D eigenvalue weighted by molar-refractivity contribution is 0.536. The van der Waals surface area contributed by atoms with Crippen molar-refractivity contribution in [1.82, 2.24) is 19.9 Å². The van der Waals surface area contributed by atoms with Crippen LogP contribution in [0.3, 0.4) is 0 Å². The van der Waals surface area contributed by atoms with E-state index in [1.54, 1.807) is 0 Å². The summed E-state index contributed by atoms with van der Waals surface area (Å²) in [5.41, 5.74) is 3.53. The summed E-state index contributed by atoms with van der Waals surface area (Å²) in [6.45, 7) is 3.09. The van der Waals surface area contributed by atoms with Crippen molar-refractivity contribution in [3.63, 3.8) is 0 Å². The lowest BCUT2D eigenvalue weighted by Gasteiger charge is -2.13. The minimum atomic E-state index is 0.226. The van der Waals surface area contributed by atoms with Gasteiger partial charge >= 0.3 is 0 Å². The number of nitrogens with zero attached hydrogens (tertiary/aromatic N) is 3. The van der Waals surface area contributed by atoms with Crippen LogP contribution in [0.2, 0.25) is 0 Å². The first-order chi connectivity index (χ1) is 10.3. The molecule has 0 amide bonds. The van der Waals surface area contributed by atoms with Crippen molar-refractivity contribution in [3.05, 3.63) is 60.2 Å². The molecule has 1 unspecified atom stereocenters. The van der Waals surface area contributed by atoms with Gasteiger partial charge in [-0.3, -0.25) is 4.98 Å². The van der Waals surface area contributed by atoms with Crippen molar-refractivity contribution < 1.29 is 0 Å². The number of aryl methyl sites for hydroxylation is 1. The van der Waals surface area contributed by atoms with E-state index in [0.29, 0.717) is 0 Å². The third-order valence-electron chi connectivity index (χ3n) is 3.82. The van der Waals surface area contributed by atoms with Crippen molar-refractivity contribution >= 4 is 11.0 Å². The lowest BCUT2D eigenvalue weighted by Crippen LogP contribution is -2.23. The Morgan fingerprint density at radius 1 is 1.14 bits per heavy atom. The molecule has 3 rings (SSSR count). The van der Waals surface area contributed by atoms with E-state index in [-0.39, 0.29) is 6.04 Å². The van der Waals surface area contributed by atoms with Crippen LogP contribution in [0.5, 0.6) is 0 Å². The van der Waals surface area contributed by atoms with Crippen LogP contribution in [-0.4, -0.2) is 21.1 Å². The Balaban J connectivity index is 1.67. The topological polar surface area (TPSA) is 42.7 Å². The summed E-state index contributed by atoms with van der Waals surface area (Å²) in [5, 5.41) is 3.55. The van der Waals surface area contributed by atoms with E-state index >= 15 is 0 Å². The predicted octanol–water partition coefficient (Wildman–Crippen LogP) is 2.86. The number of aromatic nitrogens is 3. The maximum Gasteiger partial charge on any atom is 0.126 e. The van der Waals surface area contributed by atoms with Gasteiger partial charge in [0.05, 0.1) is 17.1 Å². The highest BCUT2D eigenvalue weighted by Gasteiger charge is 2.13. The van der Waals surface area contributed by atoms with Gasteiger partial charge in [-0.05, 0) is 49.7 Å². The average Bonchev–Trinajstić information content (AvgIpc) is 2.86. The molecule has 0 bridgehead atoms. The predicted molar refractivity (Wildman–Crippen MR) is 85.1 cm³/mol. The summed E-state index contributed by atoms with van der Waals surface area (Å²) >= 11 is 0. The molecule has 0 aliphatic rings. The quantitative estimate of drug-likeness (QED) is 0.781. The molecule has 2 aromatic heterocycles. The molecule has 2 heterocycles. The molecule has 0 saturated heterocycles. The van der Waals surface area contributed by atoms with Gasteiger partial charge in [0.2, 0.25) is 0 Å². The van der Waals surface area contributed by atoms with Crippen molar-refractivity contribution in [2.45, 2.75) is 19.4 Å². The number of hydrogen-bond acceptors (Lipinski definition) is 3. The van der Waals surface area contributed by atoms with E-state index in [9.17, 15) is 0 Å². The number of para-hydroxylation sites is 2. The number of nitrogens with one attached hydrogen (secondary N) is 1. The van der Waals surface area contributed by atoms with Gasteiger partial charge in [-0.25, -0.2) is 4.98 Å². The zero-order valence-corrected chi connectivity index (χ0v) is 12.5. The van der Waals surface area contributed by atoms with Gasteiger partial charge in [0.15, 0.2) is 0 Å². The second kappa shape index (κ2) is 6.06. The van der Waals surface area contributed by atoms with Crippen molar-refractivity contribution in [1.29, 1.82) is 0 Å². The van der Waals surface area contributed by atoms with Gasteiger partial charge in [0.1, 0.15) is 5.82 Å². The minimum Gasteiger partial charge on any atom is -0.330 e. The number of benzene rings is 1. The highest BCUT2D eigenvalue weighted by Crippen LogP contribution is 2.18. The number of fused-ring (bicyclic) bond motifs is 1. The van der Waals surface area contributed by atoms with Crippen LogP contribution >= 0.6 is 0 Å². The van der Waals surface area contributed by atoms with E-state index in [4.69, 9.17) is 4.98 Å². The molecule has 4 heteroatoms. The van der Waals surface area contributed by atoms with Crippen LogP contribution in [0, 0.1) is 0 Å². The Labute approximate surface area is 124 Å². The third-order valence-corrected chi connectivity index (χ3v) is 3.82. The molecule has 1 N–H and O–H groups in total. The summed E-state index contributed by atoms with van der Waals surface area (Å²) in [6, 6.07) is 12.6. The molecular formula is C17H20N4. The van der Waals surface area contributed by atoms with Gasteiger partial charge in [0, 0.05) is 19.4 Å². The molecule has 0 aliphatic heterocycles. The summed E-state index contributed by atoms with van der Waals surface area (Å²) in [5.74, 6) is 1.07.